The minimum Gasteiger partial charge on any atom is -0.497 e. The van der Waals surface area contributed by atoms with Crippen molar-refractivity contribution in [1.82, 2.24) is 20.1 Å². The largest absolute Gasteiger partial charge is 0.497 e. The van der Waals surface area contributed by atoms with Crippen LogP contribution in [0.4, 0.5) is 5.69 Å². The second-order valence-electron chi connectivity index (χ2n) is 13.5. The van der Waals surface area contributed by atoms with Crippen molar-refractivity contribution in [2.45, 2.75) is 39.3 Å². The van der Waals surface area contributed by atoms with Gasteiger partial charge in [-0.3, -0.25) is 35.1 Å². The van der Waals surface area contributed by atoms with Gasteiger partial charge in [-0.1, -0.05) is 47.5 Å². The predicted molar refractivity (Wildman–Crippen MR) is 223 cm³/mol. The van der Waals surface area contributed by atoms with E-state index in [0.717, 1.165) is 27.9 Å². The summed E-state index contributed by atoms with van der Waals surface area (Å²) in [6.45, 7) is 6.44. The van der Waals surface area contributed by atoms with Crippen LogP contribution >= 0.6 is 23.2 Å². The van der Waals surface area contributed by atoms with Crippen LogP contribution in [0.2, 0.25) is 10.0 Å². The monoisotopic (exact) mass is 805 g/mol. The van der Waals surface area contributed by atoms with Gasteiger partial charge in [0.15, 0.2) is 5.82 Å². The van der Waals surface area contributed by atoms with Gasteiger partial charge >= 0.3 is 0 Å². The van der Waals surface area contributed by atoms with E-state index >= 15 is 0 Å². The Labute approximate surface area is 340 Å². The highest BCUT2D eigenvalue weighted by Gasteiger charge is 2.31. The lowest BCUT2D eigenvalue weighted by Gasteiger charge is -2.25. The molecule has 2 aliphatic rings. The van der Waals surface area contributed by atoms with E-state index in [4.69, 9.17) is 58.2 Å². The third-order valence-electron chi connectivity index (χ3n) is 9.57. The van der Waals surface area contributed by atoms with Crippen molar-refractivity contribution in [1.29, 1.82) is 10.8 Å². The van der Waals surface area contributed by atoms with Gasteiger partial charge in [-0.15, -0.1) is 10.2 Å². The number of aliphatic imine (C=N–C) groups is 2. The van der Waals surface area contributed by atoms with Gasteiger partial charge in [0.25, 0.3) is 0 Å². The first kappa shape index (κ1) is 39.3. The van der Waals surface area contributed by atoms with E-state index in [1.54, 1.807) is 31.1 Å². The van der Waals surface area contributed by atoms with E-state index in [-0.39, 0.29) is 50.4 Å². The predicted octanol–water partition coefficient (Wildman–Crippen LogP) is 7.41. The average Bonchev–Trinajstić information content (AvgIpc) is 3.47. The van der Waals surface area contributed by atoms with Crippen LogP contribution in [-0.4, -0.2) is 83.3 Å². The molecule has 7 rings (SSSR count). The number of benzodiazepines with no additional fused rings is 1. The quantitative estimate of drug-likeness (QED) is 0.0672. The Morgan fingerprint density at radius 1 is 0.825 bits per heavy atom. The Kier molecular flexibility index (Phi) is 11.8. The van der Waals surface area contributed by atoms with Gasteiger partial charge in [0.2, 0.25) is 5.91 Å². The van der Waals surface area contributed by atoms with E-state index in [1.807, 2.05) is 91.2 Å². The van der Waals surface area contributed by atoms with Crippen LogP contribution in [0.15, 0.2) is 94.9 Å². The summed E-state index contributed by atoms with van der Waals surface area (Å²) < 4.78 is 19.4. The molecule has 0 fully saturated rings. The number of nitrogens with zero attached hydrogens (tertiary/aromatic N) is 6. The van der Waals surface area contributed by atoms with Crippen molar-refractivity contribution >= 4 is 57.9 Å². The first-order valence-corrected chi connectivity index (χ1v) is 19.1. The van der Waals surface area contributed by atoms with Crippen LogP contribution in [-0.2, 0) is 9.53 Å². The second kappa shape index (κ2) is 17.1. The van der Waals surface area contributed by atoms with Crippen molar-refractivity contribution in [2.24, 2.45) is 9.98 Å². The summed E-state index contributed by atoms with van der Waals surface area (Å²) in [5.74, 6) is 2.69. The molecule has 0 spiro atoms. The molecule has 15 heteroatoms. The molecule has 2 aliphatic heterocycles. The Morgan fingerprint density at radius 3 is 2.11 bits per heavy atom. The molecule has 3 heterocycles. The molecule has 2 unspecified atom stereocenters. The molecule has 0 saturated heterocycles. The number of carbonyl (C=O) groups is 1. The first-order valence-electron chi connectivity index (χ1n) is 18.4. The zero-order valence-electron chi connectivity index (χ0n) is 31.8. The van der Waals surface area contributed by atoms with E-state index < -0.39 is 12.1 Å². The van der Waals surface area contributed by atoms with Crippen LogP contribution in [0.25, 0.3) is 5.69 Å². The third-order valence-corrected chi connectivity index (χ3v) is 10.1. The number of anilines is 1. The molecular formula is C42H41Cl2N9O4. The summed E-state index contributed by atoms with van der Waals surface area (Å²) in [6.07, 6.45) is 0.0380. The molecule has 2 atom stereocenters. The molecule has 13 nitrogen and oxygen atoms in total. The minimum atomic E-state index is -0.625. The summed E-state index contributed by atoms with van der Waals surface area (Å²) >= 11 is 12.4. The van der Waals surface area contributed by atoms with Gasteiger partial charge in [0.05, 0.1) is 49.5 Å². The van der Waals surface area contributed by atoms with Crippen LogP contribution in [0.5, 0.6) is 11.5 Å². The number of hydrogen-bond acceptors (Lipinski definition) is 10. The summed E-state index contributed by atoms with van der Waals surface area (Å²) in [5, 5.41) is 30.1. The summed E-state index contributed by atoms with van der Waals surface area (Å²) in [5.41, 5.74) is 6.09. The molecule has 1 amide bonds. The highest BCUT2D eigenvalue weighted by atomic mass is 35.5. The number of benzene rings is 4. The highest BCUT2D eigenvalue weighted by molar-refractivity contribution is 6.31. The van der Waals surface area contributed by atoms with Crippen LogP contribution in [0, 0.1) is 17.7 Å². The molecule has 0 radical (unpaired) electrons. The van der Waals surface area contributed by atoms with Crippen molar-refractivity contribution in [3.63, 3.8) is 0 Å². The number of amidine groups is 2. The average molecular weight is 807 g/mol. The maximum Gasteiger partial charge on any atom is 0.222 e. The fraction of sp³-hybridized carbons (Fsp3) is 0.262. The van der Waals surface area contributed by atoms with Crippen molar-refractivity contribution in [2.75, 3.05) is 38.4 Å². The van der Waals surface area contributed by atoms with E-state index in [2.05, 4.69) is 15.5 Å². The molecule has 0 aliphatic carbocycles. The summed E-state index contributed by atoms with van der Waals surface area (Å²) in [7, 11) is 1.62. The lowest BCUT2D eigenvalue weighted by molar-refractivity contribution is -0.121. The third kappa shape index (κ3) is 8.46. The number of nitrogens with one attached hydrogen (secondary N) is 3. The Morgan fingerprint density at radius 2 is 1.44 bits per heavy atom. The first-order chi connectivity index (χ1) is 27.5. The molecule has 57 heavy (non-hydrogen) atoms. The number of methoxy groups -OCH3 is 1. The molecule has 5 aromatic rings. The molecule has 4 aromatic carbocycles. The lowest BCUT2D eigenvalue weighted by Crippen LogP contribution is -2.39. The number of amides is 1. The topological polar surface area (TPSA) is 163 Å². The standard InChI is InChI=1S/C42H41Cl2N9O4/c1-24-41(46)52(25(2)45)36-16-14-32(22-34(36)39(48-24)27-5-9-29(43)10-6-27)57-20-19-56-18-17-47-38(54)23-35-42-51-50-26(3)53(42)37-15-13-31(55-4)21-33(37)40(49-35)28-7-11-30(44)12-8-28/h5-16,21-22,24,35,45-46H,17-20,23H2,1-4H3,(H,47,54). The van der Waals surface area contributed by atoms with Crippen LogP contribution in [0.1, 0.15) is 60.2 Å². The number of halogens is 2. The molecule has 3 N–H and O–H groups in total. The fourth-order valence-corrected chi connectivity index (χ4v) is 7.09. The maximum absolute atomic E-state index is 13.4. The molecule has 0 saturated carbocycles. The molecule has 1 aromatic heterocycles. The number of aromatic nitrogens is 3. The number of hydrogen-bond donors (Lipinski definition) is 3. The van der Waals surface area contributed by atoms with Gasteiger partial charge in [0.1, 0.15) is 47.7 Å². The molecule has 292 valence electrons. The van der Waals surface area contributed by atoms with Gasteiger partial charge in [0, 0.05) is 38.8 Å². The zero-order valence-corrected chi connectivity index (χ0v) is 33.4. The van der Waals surface area contributed by atoms with E-state index in [0.29, 0.717) is 50.3 Å². The Hall–Kier alpha value is -5.89. The summed E-state index contributed by atoms with van der Waals surface area (Å²) in [4.78, 5) is 25.0. The number of carbonyl (C=O) groups excluding carboxylic acids is 1. The second-order valence-corrected chi connectivity index (χ2v) is 14.4. The normalized spacial score (nSPS) is 16.0. The fourth-order valence-electron chi connectivity index (χ4n) is 6.84. The smallest absolute Gasteiger partial charge is 0.222 e. The number of fused-ring (bicyclic) bond motifs is 4. The Balaban J connectivity index is 0.984. The van der Waals surface area contributed by atoms with E-state index in [1.165, 1.54) is 0 Å². The lowest BCUT2D eigenvalue weighted by atomic mass is 9.99. The van der Waals surface area contributed by atoms with Gasteiger partial charge < -0.3 is 19.5 Å². The van der Waals surface area contributed by atoms with Gasteiger partial charge in [-0.25, -0.2) is 0 Å². The Bertz CT molecular complexity index is 2390. The van der Waals surface area contributed by atoms with Gasteiger partial charge in [-0.05, 0) is 81.4 Å². The maximum atomic E-state index is 13.4. The summed E-state index contributed by atoms with van der Waals surface area (Å²) in [6, 6.07) is 25.0. The SMILES string of the molecule is COc1ccc2c(c1)C(c1ccc(Cl)cc1)=NC(CC(=O)NCCOCCOc1ccc3c(c1)C(c1ccc(Cl)cc1)=NC(C)C(=N)N3C(C)=N)c1nnc(C)n1-2. The van der Waals surface area contributed by atoms with Crippen molar-refractivity contribution in [3.05, 3.63) is 129 Å². The highest BCUT2D eigenvalue weighted by Crippen LogP contribution is 2.35. The zero-order chi connectivity index (χ0) is 40.2. The number of ether oxygens (including phenoxy) is 3. The van der Waals surface area contributed by atoms with Crippen LogP contribution < -0.4 is 19.7 Å². The molecular weight excluding hydrogens is 765 g/mol. The van der Waals surface area contributed by atoms with Crippen molar-refractivity contribution < 1.29 is 19.0 Å². The van der Waals surface area contributed by atoms with Crippen LogP contribution in [0.3, 0.4) is 0 Å². The number of rotatable bonds is 12. The van der Waals surface area contributed by atoms with Gasteiger partial charge in [-0.2, -0.15) is 0 Å². The number of aryl methyl sites for hydroxylation is 1. The van der Waals surface area contributed by atoms with E-state index in [9.17, 15) is 4.79 Å². The van der Waals surface area contributed by atoms with Crippen molar-refractivity contribution in [3.8, 4) is 17.2 Å². The minimum absolute atomic E-state index is 0.0380. The molecule has 0 bridgehead atoms.